The number of aromatic nitrogens is 4. The molecule has 1 aromatic carbocycles. The van der Waals surface area contributed by atoms with E-state index >= 15 is 0 Å². The van der Waals surface area contributed by atoms with Gasteiger partial charge in [-0.05, 0) is 18.6 Å². The quantitative estimate of drug-likeness (QED) is 0.573. The first-order valence-corrected chi connectivity index (χ1v) is 8.71. The van der Waals surface area contributed by atoms with Crippen molar-refractivity contribution in [2.45, 2.75) is 19.6 Å². The lowest BCUT2D eigenvalue weighted by Crippen LogP contribution is -2.28. The number of aliphatic carboxylic acids is 1. The summed E-state index contributed by atoms with van der Waals surface area (Å²) in [6, 6.07) is 10.4. The number of pyridine rings is 1. The van der Waals surface area contributed by atoms with Crippen molar-refractivity contribution in [1.29, 1.82) is 0 Å². The standard InChI is InChI=1S/C20H18N4O4/c1-12(20(26)27)23-9-8-16-14(19(23)25)10-21-18-17(13-6-4-3-5-7-13)15(11-28-2)22-24(16)18/h3-10,12H,11H2,1-2H3,(H,26,27)/t12-/m0/s1. The Morgan fingerprint density at radius 3 is 2.68 bits per heavy atom. The number of carboxylic acid groups (broad SMARTS) is 1. The van der Waals surface area contributed by atoms with E-state index in [1.54, 1.807) is 17.7 Å². The summed E-state index contributed by atoms with van der Waals surface area (Å²) in [6.07, 6.45) is 2.95. The summed E-state index contributed by atoms with van der Waals surface area (Å²) in [6.45, 7) is 1.75. The van der Waals surface area contributed by atoms with E-state index in [0.717, 1.165) is 11.1 Å². The van der Waals surface area contributed by atoms with E-state index in [0.29, 0.717) is 28.9 Å². The molecule has 0 aliphatic heterocycles. The van der Waals surface area contributed by atoms with Gasteiger partial charge in [-0.2, -0.15) is 5.10 Å². The molecule has 0 bridgehead atoms. The Kier molecular flexibility index (Phi) is 4.40. The van der Waals surface area contributed by atoms with Crippen molar-refractivity contribution >= 4 is 22.5 Å². The molecule has 0 unspecified atom stereocenters. The van der Waals surface area contributed by atoms with Crippen LogP contribution in [0.15, 0.2) is 53.6 Å². The molecular weight excluding hydrogens is 360 g/mol. The Balaban J connectivity index is 2.02. The molecule has 0 fully saturated rings. The van der Waals surface area contributed by atoms with Gasteiger partial charge in [-0.1, -0.05) is 30.3 Å². The number of methoxy groups -OCH3 is 1. The number of benzene rings is 1. The van der Waals surface area contributed by atoms with Crippen LogP contribution in [0.3, 0.4) is 0 Å². The van der Waals surface area contributed by atoms with Crippen molar-refractivity contribution in [3.05, 3.63) is 64.8 Å². The van der Waals surface area contributed by atoms with Gasteiger partial charge in [0, 0.05) is 19.5 Å². The Bertz CT molecular complexity index is 1240. The topological polar surface area (TPSA) is 98.7 Å². The molecule has 1 atom stereocenters. The minimum absolute atomic E-state index is 0.294. The highest BCUT2D eigenvalue weighted by Crippen LogP contribution is 2.29. The highest BCUT2D eigenvalue weighted by Gasteiger charge is 2.20. The van der Waals surface area contributed by atoms with Crippen LogP contribution < -0.4 is 5.56 Å². The highest BCUT2D eigenvalue weighted by atomic mass is 16.5. The summed E-state index contributed by atoms with van der Waals surface area (Å²) >= 11 is 0. The Hall–Kier alpha value is -3.52. The molecule has 0 aliphatic carbocycles. The second-order valence-corrected chi connectivity index (χ2v) is 6.46. The van der Waals surface area contributed by atoms with Gasteiger partial charge in [0.15, 0.2) is 5.65 Å². The van der Waals surface area contributed by atoms with Crippen molar-refractivity contribution in [3.8, 4) is 11.1 Å². The number of nitrogens with zero attached hydrogens (tertiary/aromatic N) is 4. The number of rotatable bonds is 5. The third kappa shape index (κ3) is 2.74. The molecule has 4 rings (SSSR count). The number of hydrogen-bond acceptors (Lipinski definition) is 5. The lowest BCUT2D eigenvalue weighted by atomic mass is 10.1. The van der Waals surface area contributed by atoms with Gasteiger partial charge in [-0.25, -0.2) is 14.3 Å². The fraction of sp³-hybridized carbons (Fsp3) is 0.200. The van der Waals surface area contributed by atoms with Gasteiger partial charge in [0.2, 0.25) is 0 Å². The van der Waals surface area contributed by atoms with Crippen molar-refractivity contribution in [3.63, 3.8) is 0 Å². The molecule has 28 heavy (non-hydrogen) atoms. The lowest BCUT2D eigenvalue weighted by Gasteiger charge is -2.11. The van der Waals surface area contributed by atoms with E-state index in [9.17, 15) is 14.7 Å². The monoisotopic (exact) mass is 378 g/mol. The van der Waals surface area contributed by atoms with E-state index in [1.807, 2.05) is 30.3 Å². The molecule has 1 N–H and O–H groups in total. The SMILES string of the molecule is COCc1nn2c(ncc3c(=O)n([C@@H](C)C(=O)O)ccc32)c1-c1ccccc1. The maximum absolute atomic E-state index is 12.8. The van der Waals surface area contributed by atoms with Gasteiger partial charge in [0.25, 0.3) is 5.56 Å². The Labute approximate surface area is 159 Å². The number of carbonyl (C=O) groups is 1. The van der Waals surface area contributed by atoms with Crippen molar-refractivity contribution in [2.75, 3.05) is 7.11 Å². The molecule has 142 valence electrons. The molecule has 0 spiro atoms. The largest absolute Gasteiger partial charge is 0.480 e. The average Bonchev–Trinajstić information content (AvgIpc) is 3.07. The normalized spacial score (nSPS) is 12.5. The molecule has 0 saturated carbocycles. The van der Waals surface area contributed by atoms with Crippen molar-refractivity contribution in [2.24, 2.45) is 0 Å². The van der Waals surface area contributed by atoms with Gasteiger partial charge < -0.3 is 14.4 Å². The van der Waals surface area contributed by atoms with Crippen molar-refractivity contribution < 1.29 is 14.6 Å². The van der Waals surface area contributed by atoms with E-state index in [4.69, 9.17) is 4.74 Å². The molecule has 3 heterocycles. The van der Waals surface area contributed by atoms with Crippen LogP contribution in [0.4, 0.5) is 0 Å². The zero-order valence-corrected chi connectivity index (χ0v) is 15.4. The molecular formula is C20H18N4O4. The first kappa shape index (κ1) is 17.9. The van der Waals surface area contributed by atoms with Crippen LogP contribution in [0.1, 0.15) is 18.7 Å². The minimum Gasteiger partial charge on any atom is -0.480 e. The van der Waals surface area contributed by atoms with Gasteiger partial charge in [-0.3, -0.25) is 4.79 Å². The smallest absolute Gasteiger partial charge is 0.326 e. The summed E-state index contributed by atoms with van der Waals surface area (Å²) in [5.41, 5.74) is 3.23. The van der Waals surface area contributed by atoms with Gasteiger partial charge >= 0.3 is 5.97 Å². The molecule has 8 nitrogen and oxygen atoms in total. The van der Waals surface area contributed by atoms with Crippen LogP contribution in [-0.2, 0) is 16.1 Å². The minimum atomic E-state index is -1.08. The summed E-state index contributed by atoms with van der Waals surface area (Å²) < 4.78 is 8.09. The predicted molar refractivity (Wildman–Crippen MR) is 103 cm³/mol. The summed E-state index contributed by atoms with van der Waals surface area (Å²) in [4.78, 5) is 28.5. The third-order valence-electron chi connectivity index (χ3n) is 4.73. The maximum Gasteiger partial charge on any atom is 0.326 e. The van der Waals surface area contributed by atoms with Crippen LogP contribution in [-0.4, -0.2) is 37.4 Å². The van der Waals surface area contributed by atoms with E-state index < -0.39 is 17.6 Å². The molecule has 0 radical (unpaired) electrons. The van der Waals surface area contributed by atoms with Crippen LogP contribution >= 0.6 is 0 Å². The van der Waals surface area contributed by atoms with Crippen LogP contribution in [0.2, 0.25) is 0 Å². The molecule has 4 aromatic rings. The van der Waals surface area contributed by atoms with Gasteiger partial charge in [0.05, 0.1) is 28.8 Å². The van der Waals surface area contributed by atoms with Gasteiger partial charge in [-0.15, -0.1) is 0 Å². The molecule has 3 aromatic heterocycles. The first-order valence-electron chi connectivity index (χ1n) is 8.71. The number of fused-ring (bicyclic) bond motifs is 3. The molecule has 0 amide bonds. The van der Waals surface area contributed by atoms with Crippen LogP contribution in [0, 0.1) is 0 Å². The van der Waals surface area contributed by atoms with E-state index in [1.165, 1.54) is 23.9 Å². The fourth-order valence-electron chi connectivity index (χ4n) is 3.29. The van der Waals surface area contributed by atoms with E-state index in [2.05, 4.69) is 10.1 Å². The Morgan fingerprint density at radius 1 is 1.25 bits per heavy atom. The van der Waals surface area contributed by atoms with Gasteiger partial charge in [0.1, 0.15) is 6.04 Å². The summed E-state index contributed by atoms with van der Waals surface area (Å²) in [5.74, 6) is -1.08. The van der Waals surface area contributed by atoms with Crippen LogP contribution in [0.25, 0.3) is 27.7 Å². The van der Waals surface area contributed by atoms with Crippen LogP contribution in [0.5, 0.6) is 0 Å². The second-order valence-electron chi connectivity index (χ2n) is 6.46. The number of ether oxygens (including phenoxy) is 1. The summed E-state index contributed by atoms with van der Waals surface area (Å²) in [7, 11) is 1.59. The molecule has 0 aliphatic rings. The molecule has 8 heteroatoms. The zero-order chi connectivity index (χ0) is 19.8. The Morgan fingerprint density at radius 2 is 2.00 bits per heavy atom. The number of hydrogen-bond donors (Lipinski definition) is 1. The zero-order valence-electron chi connectivity index (χ0n) is 15.4. The lowest BCUT2D eigenvalue weighted by molar-refractivity contribution is -0.140. The predicted octanol–water partition coefficient (Wildman–Crippen LogP) is 2.50. The third-order valence-corrected chi connectivity index (χ3v) is 4.73. The maximum atomic E-state index is 12.8. The second kappa shape index (κ2) is 6.90. The first-order chi connectivity index (χ1) is 13.5. The molecule has 0 saturated heterocycles. The van der Waals surface area contributed by atoms with E-state index in [-0.39, 0.29) is 0 Å². The fourth-order valence-corrected chi connectivity index (χ4v) is 3.29. The van der Waals surface area contributed by atoms with Crippen molar-refractivity contribution in [1.82, 2.24) is 19.2 Å². The highest BCUT2D eigenvalue weighted by molar-refractivity contribution is 5.86. The average molecular weight is 378 g/mol. The summed E-state index contributed by atoms with van der Waals surface area (Å²) in [5, 5.41) is 14.1. The number of carboxylic acids is 1.